The fourth-order valence-electron chi connectivity index (χ4n) is 3.69. The number of piperazine rings is 1. The van der Waals surface area contributed by atoms with Gasteiger partial charge in [0.1, 0.15) is 0 Å². The molecule has 158 valence electrons. The monoisotopic (exact) mass is 495 g/mol. The highest BCUT2D eigenvalue weighted by Gasteiger charge is 2.36. The molecular formula is C19H38IN5O2. The van der Waals surface area contributed by atoms with Crippen LogP contribution in [0.3, 0.4) is 0 Å². The number of carbonyl (C=O) groups is 1. The molecule has 0 aromatic heterocycles. The fraction of sp³-hybridized carbons (Fsp3) is 0.895. The first kappa shape index (κ1) is 24.4. The highest BCUT2D eigenvalue weighted by atomic mass is 127. The number of guanidine groups is 1. The van der Waals surface area contributed by atoms with Gasteiger partial charge in [-0.05, 0) is 31.6 Å². The van der Waals surface area contributed by atoms with Gasteiger partial charge >= 0.3 is 0 Å². The van der Waals surface area contributed by atoms with Crippen LogP contribution in [-0.4, -0.2) is 87.7 Å². The predicted molar refractivity (Wildman–Crippen MR) is 121 cm³/mol. The minimum Gasteiger partial charge on any atom is -0.385 e. The normalized spacial score (nSPS) is 19.8. The number of rotatable bonds is 9. The zero-order valence-corrected chi connectivity index (χ0v) is 19.6. The summed E-state index contributed by atoms with van der Waals surface area (Å²) in [5.74, 6) is 1.10. The van der Waals surface area contributed by atoms with Gasteiger partial charge in [0.05, 0.1) is 0 Å². The molecule has 1 aliphatic heterocycles. The van der Waals surface area contributed by atoms with Crippen molar-refractivity contribution in [1.82, 2.24) is 20.4 Å². The van der Waals surface area contributed by atoms with Gasteiger partial charge in [0.15, 0.2) is 5.96 Å². The minimum atomic E-state index is 0. The summed E-state index contributed by atoms with van der Waals surface area (Å²) in [5.41, 5.74) is 0.349. The Hall–Kier alpha value is -0.610. The molecule has 1 amide bonds. The number of hydrogen-bond donors (Lipinski definition) is 2. The first-order valence-electron chi connectivity index (χ1n) is 10.1. The molecule has 0 radical (unpaired) electrons. The molecule has 0 aromatic rings. The quantitative estimate of drug-likeness (QED) is 0.289. The summed E-state index contributed by atoms with van der Waals surface area (Å²) in [6.45, 7) is 11.8. The summed E-state index contributed by atoms with van der Waals surface area (Å²) in [6.07, 6.45) is 4.95. The third-order valence-corrected chi connectivity index (χ3v) is 5.71. The lowest BCUT2D eigenvalue weighted by atomic mass is 9.67. The fourth-order valence-corrected chi connectivity index (χ4v) is 3.69. The third-order valence-electron chi connectivity index (χ3n) is 5.71. The van der Waals surface area contributed by atoms with E-state index in [9.17, 15) is 4.79 Å². The van der Waals surface area contributed by atoms with Gasteiger partial charge in [0, 0.05) is 73.0 Å². The topological polar surface area (TPSA) is 69.2 Å². The molecular weight excluding hydrogens is 457 g/mol. The van der Waals surface area contributed by atoms with Crippen molar-refractivity contribution in [2.75, 3.05) is 66.1 Å². The van der Waals surface area contributed by atoms with Gasteiger partial charge in [0.2, 0.25) is 5.91 Å². The average Bonchev–Trinajstić information content (AvgIpc) is 2.61. The number of ether oxygens (including phenoxy) is 1. The summed E-state index contributed by atoms with van der Waals surface area (Å²) < 4.78 is 5.27. The Kier molecular flexibility index (Phi) is 11.6. The van der Waals surface area contributed by atoms with Crippen LogP contribution in [-0.2, 0) is 9.53 Å². The number of methoxy groups -OCH3 is 1. The molecule has 8 heteroatoms. The Labute approximate surface area is 181 Å². The molecule has 1 saturated carbocycles. The van der Waals surface area contributed by atoms with E-state index >= 15 is 0 Å². The predicted octanol–water partition coefficient (Wildman–Crippen LogP) is 1.53. The highest BCUT2D eigenvalue weighted by Crippen LogP contribution is 2.44. The van der Waals surface area contributed by atoms with Crippen molar-refractivity contribution in [1.29, 1.82) is 0 Å². The number of nitrogens with one attached hydrogen (secondary N) is 2. The van der Waals surface area contributed by atoms with Crippen molar-refractivity contribution in [3.8, 4) is 0 Å². The average molecular weight is 495 g/mol. The maximum absolute atomic E-state index is 11.4. The largest absolute Gasteiger partial charge is 0.385 e. The highest BCUT2D eigenvalue weighted by molar-refractivity contribution is 14.0. The van der Waals surface area contributed by atoms with E-state index in [1.165, 1.54) is 19.3 Å². The second-order valence-electron chi connectivity index (χ2n) is 7.57. The third kappa shape index (κ3) is 8.11. The maximum Gasteiger partial charge on any atom is 0.219 e. The first-order valence-corrected chi connectivity index (χ1v) is 10.1. The number of amides is 1. The zero-order valence-electron chi connectivity index (χ0n) is 17.3. The van der Waals surface area contributed by atoms with Crippen LogP contribution in [0.1, 0.15) is 39.5 Å². The summed E-state index contributed by atoms with van der Waals surface area (Å²) in [5, 5.41) is 6.82. The van der Waals surface area contributed by atoms with Crippen molar-refractivity contribution in [3.63, 3.8) is 0 Å². The Morgan fingerprint density at radius 3 is 2.41 bits per heavy atom. The van der Waals surface area contributed by atoms with Gasteiger partial charge in [-0.25, -0.2) is 0 Å². The van der Waals surface area contributed by atoms with E-state index in [2.05, 4.69) is 22.5 Å². The molecule has 0 aromatic carbocycles. The SMILES string of the molecule is CCNC(=NCC1(CCOC)CCC1)NCCN1CCN(C(C)=O)CC1.I. The molecule has 0 unspecified atom stereocenters. The molecule has 27 heavy (non-hydrogen) atoms. The first-order chi connectivity index (χ1) is 12.6. The molecule has 1 saturated heterocycles. The molecule has 2 rings (SSSR count). The molecule has 7 nitrogen and oxygen atoms in total. The second kappa shape index (κ2) is 12.8. The van der Waals surface area contributed by atoms with E-state index in [0.29, 0.717) is 5.41 Å². The van der Waals surface area contributed by atoms with Crippen molar-refractivity contribution in [2.24, 2.45) is 10.4 Å². The smallest absolute Gasteiger partial charge is 0.219 e. The van der Waals surface area contributed by atoms with Crippen LogP contribution in [0.15, 0.2) is 4.99 Å². The van der Waals surface area contributed by atoms with E-state index in [-0.39, 0.29) is 29.9 Å². The van der Waals surface area contributed by atoms with E-state index < -0.39 is 0 Å². The molecule has 2 aliphatic rings. The van der Waals surface area contributed by atoms with Crippen LogP contribution in [0.5, 0.6) is 0 Å². The second-order valence-corrected chi connectivity index (χ2v) is 7.57. The number of aliphatic imine (C=N–C) groups is 1. The Balaban J connectivity index is 0.00000364. The summed E-state index contributed by atoms with van der Waals surface area (Å²) in [4.78, 5) is 20.6. The van der Waals surface area contributed by atoms with Gasteiger partial charge in [-0.1, -0.05) is 6.42 Å². The van der Waals surface area contributed by atoms with Gasteiger partial charge in [0.25, 0.3) is 0 Å². The Morgan fingerprint density at radius 1 is 1.19 bits per heavy atom. The van der Waals surface area contributed by atoms with Crippen molar-refractivity contribution in [3.05, 3.63) is 0 Å². The van der Waals surface area contributed by atoms with Crippen LogP contribution >= 0.6 is 24.0 Å². The lowest BCUT2D eigenvalue weighted by molar-refractivity contribution is -0.130. The standard InChI is InChI=1S/C19H37N5O2.HI/c1-4-20-18(22-16-19(6-5-7-19)8-15-26-3)21-9-10-23-11-13-24(14-12-23)17(2)25;/h4-16H2,1-3H3,(H2,20,21,22);1H. The zero-order chi connectivity index (χ0) is 18.8. The van der Waals surface area contributed by atoms with E-state index in [1.54, 1.807) is 14.0 Å². The lowest BCUT2D eigenvalue weighted by Gasteiger charge is -2.40. The number of nitrogens with zero attached hydrogens (tertiary/aromatic N) is 3. The number of hydrogen-bond acceptors (Lipinski definition) is 4. The summed E-state index contributed by atoms with van der Waals surface area (Å²) in [7, 11) is 1.78. The van der Waals surface area contributed by atoms with Gasteiger partial charge < -0.3 is 20.3 Å². The molecule has 0 spiro atoms. The molecule has 0 atom stereocenters. The van der Waals surface area contributed by atoms with Gasteiger partial charge in [-0.15, -0.1) is 24.0 Å². The van der Waals surface area contributed by atoms with Crippen LogP contribution in [0.2, 0.25) is 0 Å². The van der Waals surface area contributed by atoms with Crippen LogP contribution < -0.4 is 10.6 Å². The Bertz CT molecular complexity index is 463. The van der Waals surface area contributed by atoms with E-state index in [4.69, 9.17) is 9.73 Å². The van der Waals surface area contributed by atoms with Gasteiger partial charge in [-0.2, -0.15) is 0 Å². The van der Waals surface area contributed by atoms with E-state index in [0.717, 1.165) is 71.3 Å². The molecule has 2 N–H and O–H groups in total. The summed E-state index contributed by atoms with van der Waals surface area (Å²) in [6, 6.07) is 0. The van der Waals surface area contributed by atoms with Crippen molar-refractivity contribution >= 4 is 35.8 Å². The molecule has 2 fully saturated rings. The van der Waals surface area contributed by atoms with Crippen LogP contribution in [0.25, 0.3) is 0 Å². The molecule has 1 aliphatic carbocycles. The van der Waals surface area contributed by atoms with Crippen LogP contribution in [0.4, 0.5) is 0 Å². The molecule has 1 heterocycles. The Morgan fingerprint density at radius 2 is 1.89 bits per heavy atom. The number of halogens is 1. The van der Waals surface area contributed by atoms with Gasteiger partial charge in [-0.3, -0.25) is 14.7 Å². The summed E-state index contributed by atoms with van der Waals surface area (Å²) >= 11 is 0. The van der Waals surface area contributed by atoms with Crippen LogP contribution in [0, 0.1) is 5.41 Å². The molecule has 0 bridgehead atoms. The van der Waals surface area contributed by atoms with Crippen molar-refractivity contribution < 1.29 is 9.53 Å². The van der Waals surface area contributed by atoms with Crippen molar-refractivity contribution in [2.45, 2.75) is 39.5 Å². The lowest BCUT2D eigenvalue weighted by Crippen LogP contribution is -2.50. The maximum atomic E-state index is 11.4. The number of carbonyl (C=O) groups excluding carboxylic acids is 1. The van der Waals surface area contributed by atoms with E-state index in [1.807, 2.05) is 4.90 Å². The minimum absolute atomic E-state index is 0.